The minimum absolute atomic E-state index is 0.0449. The van der Waals surface area contributed by atoms with Crippen LogP contribution >= 0.6 is 11.3 Å². The minimum Gasteiger partial charge on any atom is -0.330 e. The summed E-state index contributed by atoms with van der Waals surface area (Å²) in [4.78, 5) is 17.8. The molecular formula is C14H23N3OS. The van der Waals surface area contributed by atoms with Crippen LogP contribution in [0.15, 0.2) is 0 Å². The van der Waals surface area contributed by atoms with Crippen LogP contribution in [0.5, 0.6) is 0 Å². The SMILES string of the molecule is CC(C)CC(CN)CC(=O)Nc1nc2c(s1)CCC2. The van der Waals surface area contributed by atoms with Crippen LogP contribution in [0.4, 0.5) is 5.13 Å². The third-order valence-electron chi connectivity index (χ3n) is 3.45. The van der Waals surface area contributed by atoms with Gasteiger partial charge in [0.1, 0.15) is 0 Å². The minimum atomic E-state index is 0.0449. The number of rotatable bonds is 6. The Kier molecular flexibility index (Phi) is 4.93. The zero-order valence-electron chi connectivity index (χ0n) is 11.7. The molecule has 0 fully saturated rings. The lowest BCUT2D eigenvalue weighted by Crippen LogP contribution is -2.23. The molecular weight excluding hydrogens is 258 g/mol. The van der Waals surface area contributed by atoms with Crippen LogP contribution in [0, 0.1) is 11.8 Å². The Bertz CT molecular complexity index is 420. The molecule has 3 N–H and O–H groups in total. The Balaban J connectivity index is 1.86. The summed E-state index contributed by atoms with van der Waals surface area (Å²) < 4.78 is 0. The lowest BCUT2D eigenvalue weighted by molar-refractivity contribution is -0.117. The summed E-state index contributed by atoms with van der Waals surface area (Å²) in [5.74, 6) is 0.889. The van der Waals surface area contributed by atoms with E-state index in [1.54, 1.807) is 11.3 Å². The Labute approximate surface area is 118 Å². The van der Waals surface area contributed by atoms with E-state index in [1.165, 1.54) is 17.0 Å². The fourth-order valence-corrected chi connectivity index (χ4v) is 3.67. The van der Waals surface area contributed by atoms with Crippen molar-refractivity contribution < 1.29 is 4.79 Å². The van der Waals surface area contributed by atoms with Crippen molar-refractivity contribution >= 4 is 22.4 Å². The molecule has 0 aliphatic heterocycles. The smallest absolute Gasteiger partial charge is 0.226 e. The van der Waals surface area contributed by atoms with Gasteiger partial charge in [-0.15, -0.1) is 11.3 Å². The van der Waals surface area contributed by atoms with Crippen LogP contribution in [-0.4, -0.2) is 17.4 Å². The standard InChI is InChI=1S/C14H23N3OS/c1-9(2)6-10(8-15)7-13(18)17-14-16-11-4-3-5-12(11)19-14/h9-10H,3-8,15H2,1-2H3,(H,16,17,18). The van der Waals surface area contributed by atoms with Gasteiger partial charge in [0.25, 0.3) is 0 Å². The fourth-order valence-electron chi connectivity index (χ4n) is 2.61. The molecule has 0 saturated carbocycles. The first-order valence-corrected chi connectivity index (χ1v) is 7.88. The molecule has 0 bridgehead atoms. The van der Waals surface area contributed by atoms with Crippen LogP contribution < -0.4 is 11.1 Å². The predicted octanol–water partition coefficient (Wildman–Crippen LogP) is 2.58. The van der Waals surface area contributed by atoms with Crippen molar-refractivity contribution in [1.29, 1.82) is 0 Å². The lowest BCUT2D eigenvalue weighted by Gasteiger charge is -2.15. The number of fused-ring (bicyclic) bond motifs is 1. The largest absolute Gasteiger partial charge is 0.330 e. The van der Waals surface area contributed by atoms with Crippen molar-refractivity contribution in [3.8, 4) is 0 Å². The number of nitrogens with two attached hydrogens (primary N) is 1. The summed E-state index contributed by atoms with van der Waals surface area (Å²) in [6, 6.07) is 0. The Morgan fingerprint density at radius 1 is 1.47 bits per heavy atom. The molecule has 106 valence electrons. The first-order valence-electron chi connectivity index (χ1n) is 7.07. The molecule has 1 heterocycles. The fraction of sp³-hybridized carbons (Fsp3) is 0.714. The van der Waals surface area contributed by atoms with Crippen molar-refractivity contribution in [2.75, 3.05) is 11.9 Å². The summed E-state index contributed by atoms with van der Waals surface area (Å²) in [6.07, 6.45) is 4.87. The number of aromatic nitrogens is 1. The van der Waals surface area contributed by atoms with Crippen molar-refractivity contribution in [3.63, 3.8) is 0 Å². The lowest BCUT2D eigenvalue weighted by atomic mass is 9.94. The maximum Gasteiger partial charge on any atom is 0.226 e. The van der Waals surface area contributed by atoms with E-state index in [9.17, 15) is 4.79 Å². The maximum absolute atomic E-state index is 12.0. The van der Waals surface area contributed by atoms with E-state index in [0.29, 0.717) is 18.9 Å². The van der Waals surface area contributed by atoms with Crippen LogP contribution in [0.2, 0.25) is 0 Å². The second-order valence-electron chi connectivity index (χ2n) is 5.73. The number of nitrogens with one attached hydrogen (secondary N) is 1. The molecule has 0 saturated heterocycles. The van der Waals surface area contributed by atoms with Crippen LogP contribution in [0.3, 0.4) is 0 Å². The third-order valence-corrected chi connectivity index (χ3v) is 4.53. The molecule has 2 rings (SSSR count). The number of anilines is 1. The van der Waals surface area contributed by atoms with Gasteiger partial charge in [0.2, 0.25) is 5.91 Å². The van der Waals surface area contributed by atoms with Gasteiger partial charge < -0.3 is 11.1 Å². The van der Waals surface area contributed by atoms with E-state index in [2.05, 4.69) is 24.1 Å². The summed E-state index contributed by atoms with van der Waals surface area (Å²) >= 11 is 1.62. The Hall–Kier alpha value is -0.940. The average molecular weight is 281 g/mol. The third kappa shape index (κ3) is 4.01. The molecule has 5 heteroatoms. The van der Waals surface area contributed by atoms with Gasteiger partial charge in [-0.3, -0.25) is 4.79 Å². The predicted molar refractivity (Wildman–Crippen MR) is 79.4 cm³/mol. The zero-order valence-corrected chi connectivity index (χ0v) is 12.6. The molecule has 1 aromatic rings. The molecule has 1 atom stereocenters. The number of thiazole rings is 1. The highest BCUT2D eigenvalue weighted by Crippen LogP contribution is 2.30. The Morgan fingerprint density at radius 3 is 2.89 bits per heavy atom. The highest BCUT2D eigenvalue weighted by Gasteiger charge is 2.19. The zero-order chi connectivity index (χ0) is 13.8. The van der Waals surface area contributed by atoms with Gasteiger partial charge in [-0.25, -0.2) is 4.98 Å². The molecule has 0 radical (unpaired) electrons. The topological polar surface area (TPSA) is 68.0 Å². The van der Waals surface area contributed by atoms with Gasteiger partial charge in [0.15, 0.2) is 5.13 Å². The number of amides is 1. The summed E-state index contributed by atoms with van der Waals surface area (Å²) in [7, 11) is 0. The maximum atomic E-state index is 12.0. The van der Waals surface area contributed by atoms with E-state index in [1.807, 2.05) is 0 Å². The normalized spacial score (nSPS) is 15.6. The van der Waals surface area contributed by atoms with E-state index in [0.717, 1.165) is 24.4 Å². The molecule has 1 aliphatic rings. The molecule has 1 amide bonds. The summed E-state index contributed by atoms with van der Waals surface area (Å²) in [6.45, 7) is 4.89. The second kappa shape index (κ2) is 6.48. The van der Waals surface area contributed by atoms with E-state index in [4.69, 9.17) is 5.73 Å². The number of hydrogen-bond donors (Lipinski definition) is 2. The van der Waals surface area contributed by atoms with Gasteiger partial charge in [0.05, 0.1) is 5.69 Å². The first kappa shape index (κ1) is 14.5. The summed E-state index contributed by atoms with van der Waals surface area (Å²) in [5, 5.41) is 3.68. The van der Waals surface area contributed by atoms with E-state index >= 15 is 0 Å². The molecule has 19 heavy (non-hydrogen) atoms. The van der Waals surface area contributed by atoms with Crippen molar-refractivity contribution in [2.45, 2.75) is 46.0 Å². The van der Waals surface area contributed by atoms with Gasteiger partial charge in [-0.1, -0.05) is 13.8 Å². The van der Waals surface area contributed by atoms with E-state index in [-0.39, 0.29) is 11.8 Å². The number of nitrogens with zero attached hydrogens (tertiary/aromatic N) is 1. The van der Waals surface area contributed by atoms with Crippen LogP contribution in [0.25, 0.3) is 0 Å². The Morgan fingerprint density at radius 2 is 2.26 bits per heavy atom. The number of hydrogen-bond acceptors (Lipinski definition) is 4. The molecule has 0 aromatic carbocycles. The quantitative estimate of drug-likeness (QED) is 0.842. The average Bonchev–Trinajstić information content (AvgIpc) is 2.87. The second-order valence-corrected chi connectivity index (χ2v) is 6.81. The first-order chi connectivity index (χ1) is 9.08. The number of carbonyl (C=O) groups is 1. The molecule has 1 unspecified atom stereocenters. The highest BCUT2D eigenvalue weighted by atomic mass is 32.1. The van der Waals surface area contributed by atoms with Crippen LogP contribution in [0.1, 0.15) is 43.7 Å². The molecule has 0 spiro atoms. The molecule has 4 nitrogen and oxygen atoms in total. The number of carbonyl (C=O) groups excluding carboxylic acids is 1. The van der Waals surface area contributed by atoms with Gasteiger partial charge in [-0.2, -0.15) is 0 Å². The number of aryl methyl sites for hydroxylation is 2. The van der Waals surface area contributed by atoms with E-state index < -0.39 is 0 Å². The van der Waals surface area contributed by atoms with Crippen molar-refractivity contribution in [3.05, 3.63) is 10.6 Å². The van der Waals surface area contributed by atoms with Gasteiger partial charge >= 0.3 is 0 Å². The van der Waals surface area contributed by atoms with Gasteiger partial charge in [-0.05, 0) is 44.1 Å². The molecule has 1 aliphatic carbocycles. The van der Waals surface area contributed by atoms with Crippen molar-refractivity contribution in [1.82, 2.24) is 4.98 Å². The van der Waals surface area contributed by atoms with Crippen molar-refractivity contribution in [2.24, 2.45) is 17.6 Å². The molecule has 1 aromatic heterocycles. The monoisotopic (exact) mass is 281 g/mol. The van der Waals surface area contributed by atoms with Crippen LogP contribution in [-0.2, 0) is 17.6 Å². The summed E-state index contributed by atoms with van der Waals surface area (Å²) in [5.41, 5.74) is 6.91. The highest BCUT2D eigenvalue weighted by molar-refractivity contribution is 7.15. The van der Waals surface area contributed by atoms with Gasteiger partial charge in [0, 0.05) is 11.3 Å².